The molecule has 0 saturated carbocycles. The van der Waals surface area contributed by atoms with Crippen LogP contribution in [0.5, 0.6) is 0 Å². The third kappa shape index (κ3) is 4.05. The fourth-order valence-electron chi connectivity index (χ4n) is 2.65. The van der Waals surface area contributed by atoms with Crippen LogP contribution in [0.25, 0.3) is 0 Å². The summed E-state index contributed by atoms with van der Waals surface area (Å²) in [7, 11) is 2.12. The van der Waals surface area contributed by atoms with E-state index >= 15 is 0 Å². The number of hydrogen-bond acceptors (Lipinski definition) is 2. The van der Waals surface area contributed by atoms with Gasteiger partial charge < -0.3 is 5.11 Å². The predicted octanol–water partition coefficient (Wildman–Crippen LogP) is 3.79. The van der Waals surface area contributed by atoms with Crippen molar-refractivity contribution in [3.05, 3.63) is 35.4 Å². The SMILES string of the molecule is CCc1ccc(C(O)C(C)N(C)C(CC)CC)cc1. The zero-order chi connectivity index (χ0) is 14.4. The molecule has 1 rings (SSSR count). The van der Waals surface area contributed by atoms with E-state index in [4.69, 9.17) is 0 Å². The number of rotatable bonds is 7. The molecule has 1 N–H and O–H groups in total. The zero-order valence-electron chi connectivity index (χ0n) is 13.1. The Labute approximate surface area is 118 Å². The molecule has 0 amide bonds. The van der Waals surface area contributed by atoms with E-state index in [9.17, 15) is 5.11 Å². The molecule has 0 heterocycles. The van der Waals surface area contributed by atoms with Gasteiger partial charge >= 0.3 is 0 Å². The van der Waals surface area contributed by atoms with Crippen LogP contribution in [0.15, 0.2) is 24.3 Å². The van der Waals surface area contributed by atoms with Crippen molar-refractivity contribution in [2.24, 2.45) is 0 Å². The molecule has 0 aliphatic carbocycles. The van der Waals surface area contributed by atoms with Crippen LogP contribution in [-0.2, 0) is 6.42 Å². The van der Waals surface area contributed by atoms with Crippen LogP contribution in [0.2, 0.25) is 0 Å². The Morgan fingerprint density at radius 1 is 1.05 bits per heavy atom. The summed E-state index contributed by atoms with van der Waals surface area (Å²) >= 11 is 0. The van der Waals surface area contributed by atoms with Crippen molar-refractivity contribution in [1.29, 1.82) is 0 Å². The number of nitrogens with zero attached hydrogens (tertiary/aromatic N) is 1. The number of aryl methyl sites for hydroxylation is 1. The minimum Gasteiger partial charge on any atom is -0.387 e. The standard InChI is InChI=1S/C17H29NO/c1-6-14-9-11-15(12-10-14)17(19)13(4)18(5)16(7-2)8-3/h9-13,16-17,19H,6-8H2,1-5H3. The monoisotopic (exact) mass is 263 g/mol. The summed E-state index contributed by atoms with van der Waals surface area (Å²) in [6, 6.07) is 9.02. The van der Waals surface area contributed by atoms with E-state index in [-0.39, 0.29) is 6.04 Å². The minimum absolute atomic E-state index is 0.136. The van der Waals surface area contributed by atoms with E-state index in [1.165, 1.54) is 5.56 Å². The van der Waals surface area contributed by atoms with Crippen molar-refractivity contribution in [2.45, 2.75) is 65.1 Å². The lowest BCUT2D eigenvalue weighted by Gasteiger charge is -2.35. The van der Waals surface area contributed by atoms with E-state index in [0.717, 1.165) is 24.8 Å². The molecule has 1 aromatic carbocycles. The summed E-state index contributed by atoms with van der Waals surface area (Å²) in [5, 5.41) is 10.5. The van der Waals surface area contributed by atoms with Gasteiger partial charge in [0.25, 0.3) is 0 Å². The van der Waals surface area contributed by atoms with Gasteiger partial charge in [0.15, 0.2) is 0 Å². The normalized spacial score (nSPS) is 14.9. The maximum Gasteiger partial charge on any atom is 0.0942 e. The van der Waals surface area contributed by atoms with Crippen LogP contribution in [0.4, 0.5) is 0 Å². The first-order chi connectivity index (χ1) is 9.04. The molecule has 0 fully saturated rings. The van der Waals surface area contributed by atoms with Crippen LogP contribution in [0.3, 0.4) is 0 Å². The Morgan fingerprint density at radius 3 is 2.00 bits per heavy atom. The van der Waals surface area contributed by atoms with Gasteiger partial charge in [0.2, 0.25) is 0 Å². The summed E-state index contributed by atoms with van der Waals surface area (Å²) in [5.74, 6) is 0. The van der Waals surface area contributed by atoms with E-state index in [1.807, 2.05) is 0 Å². The van der Waals surface area contributed by atoms with Gasteiger partial charge in [0, 0.05) is 12.1 Å². The highest BCUT2D eigenvalue weighted by Gasteiger charge is 2.24. The maximum atomic E-state index is 10.5. The Bertz CT molecular complexity index is 356. The molecule has 19 heavy (non-hydrogen) atoms. The molecule has 2 nitrogen and oxygen atoms in total. The lowest BCUT2D eigenvalue weighted by atomic mass is 9.98. The molecule has 108 valence electrons. The molecule has 2 heteroatoms. The number of benzene rings is 1. The molecule has 0 bridgehead atoms. The molecule has 0 aromatic heterocycles. The summed E-state index contributed by atoms with van der Waals surface area (Å²) < 4.78 is 0. The molecule has 0 aliphatic rings. The van der Waals surface area contributed by atoms with Gasteiger partial charge in [0.05, 0.1) is 6.10 Å². The largest absolute Gasteiger partial charge is 0.387 e. The summed E-state index contributed by atoms with van der Waals surface area (Å²) in [6.45, 7) is 8.67. The van der Waals surface area contributed by atoms with Gasteiger partial charge in [-0.25, -0.2) is 0 Å². The number of hydrogen-bond donors (Lipinski definition) is 1. The van der Waals surface area contributed by atoms with Gasteiger partial charge in [-0.3, -0.25) is 4.90 Å². The maximum absolute atomic E-state index is 10.5. The third-order valence-corrected chi connectivity index (χ3v) is 4.35. The fraction of sp³-hybridized carbons (Fsp3) is 0.647. The Balaban J connectivity index is 2.77. The fourth-order valence-corrected chi connectivity index (χ4v) is 2.65. The van der Waals surface area contributed by atoms with E-state index in [1.54, 1.807) is 0 Å². The van der Waals surface area contributed by atoms with Crippen molar-refractivity contribution in [2.75, 3.05) is 7.05 Å². The highest BCUT2D eigenvalue weighted by atomic mass is 16.3. The molecule has 1 aromatic rings. The van der Waals surface area contributed by atoms with Crippen LogP contribution >= 0.6 is 0 Å². The smallest absolute Gasteiger partial charge is 0.0942 e. The second-order valence-corrected chi connectivity index (χ2v) is 5.42. The first-order valence-corrected chi connectivity index (χ1v) is 7.53. The summed E-state index contributed by atoms with van der Waals surface area (Å²) in [6.07, 6.45) is 2.87. The second-order valence-electron chi connectivity index (χ2n) is 5.42. The molecular formula is C17H29NO. The summed E-state index contributed by atoms with van der Waals surface area (Å²) in [5.41, 5.74) is 2.33. The molecule has 0 radical (unpaired) electrons. The van der Waals surface area contributed by atoms with Gasteiger partial charge in [0.1, 0.15) is 0 Å². The minimum atomic E-state index is -0.420. The molecular weight excluding hydrogens is 234 g/mol. The van der Waals surface area contributed by atoms with Gasteiger partial charge in [-0.1, -0.05) is 45.0 Å². The van der Waals surface area contributed by atoms with Crippen molar-refractivity contribution >= 4 is 0 Å². The van der Waals surface area contributed by atoms with Crippen molar-refractivity contribution < 1.29 is 5.11 Å². The van der Waals surface area contributed by atoms with Crippen LogP contribution in [-0.4, -0.2) is 29.1 Å². The lowest BCUT2D eigenvalue weighted by molar-refractivity contribution is 0.0468. The van der Waals surface area contributed by atoms with Crippen molar-refractivity contribution in [1.82, 2.24) is 4.90 Å². The van der Waals surface area contributed by atoms with Crippen molar-refractivity contribution in [3.8, 4) is 0 Å². The predicted molar refractivity (Wildman–Crippen MR) is 82.4 cm³/mol. The Morgan fingerprint density at radius 2 is 1.58 bits per heavy atom. The first-order valence-electron chi connectivity index (χ1n) is 7.53. The van der Waals surface area contributed by atoms with E-state index in [0.29, 0.717) is 6.04 Å². The zero-order valence-corrected chi connectivity index (χ0v) is 13.1. The molecule has 0 saturated heterocycles. The number of likely N-dealkylation sites (N-methyl/N-ethyl adjacent to an activating group) is 1. The average molecular weight is 263 g/mol. The van der Waals surface area contributed by atoms with Crippen molar-refractivity contribution in [3.63, 3.8) is 0 Å². The Hall–Kier alpha value is -0.860. The molecule has 2 atom stereocenters. The highest BCUT2D eigenvalue weighted by molar-refractivity contribution is 5.25. The second kappa shape index (κ2) is 7.66. The highest BCUT2D eigenvalue weighted by Crippen LogP contribution is 2.23. The third-order valence-electron chi connectivity index (χ3n) is 4.35. The van der Waals surface area contributed by atoms with Crippen LogP contribution in [0.1, 0.15) is 57.8 Å². The molecule has 0 spiro atoms. The van der Waals surface area contributed by atoms with Gasteiger partial charge in [-0.2, -0.15) is 0 Å². The quantitative estimate of drug-likeness (QED) is 0.809. The van der Waals surface area contributed by atoms with Gasteiger partial charge in [-0.15, -0.1) is 0 Å². The van der Waals surface area contributed by atoms with E-state index < -0.39 is 6.10 Å². The van der Waals surface area contributed by atoms with E-state index in [2.05, 4.69) is 63.9 Å². The van der Waals surface area contributed by atoms with Gasteiger partial charge in [-0.05, 0) is 44.4 Å². The van der Waals surface area contributed by atoms with Crippen LogP contribution < -0.4 is 0 Å². The first kappa shape index (κ1) is 16.2. The number of aliphatic hydroxyl groups is 1. The lowest BCUT2D eigenvalue weighted by Crippen LogP contribution is -2.41. The average Bonchev–Trinajstić information content (AvgIpc) is 2.47. The summed E-state index contributed by atoms with van der Waals surface area (Å²) in [4.78, 5) is 2.30. The Kier molecular flexibility index (Phi) is 6.53. The molecule has 2 unspecified atom stereocenters. The molecule has 0 aliphatic heterocycles. The number of aliphatic hydroxyl groups excluding tert-OH is 1. The topological polar surface area (TPSA) is 23.5 Å². The van der Waals surface area contributed by atoms with Crippen LogP contribution in [0, 0.1) is 0 Å².